The predicted octanol–water partition coefficient (Wildman–Crippen LogP) is 5.08. The second-order valence-electron chi connectivity index (χ2n) is 3.80. The van der Waals surface area contributed by atoms with E-state index in [1.165, 1.54) is 0 Å². The lowest BCUT2D eigenvalue weighted by Gasteiger charge is -2.00. The molecule has 90 valence electrons. The first-order valence-corrected chi connectivity index (χ1v) is 7.17. The number of hydrogen-bond acceptors (Lipinski definition) is 3. The standard InChI is InChI=1S/C13H7BrClNOS/c14-7-1-4-12-11(5-7)16-13(18-12)9-6-8(17)2-3-10(9)15/h1-6,17H. The monoisotopic (exact) mass is 339 g/mol. The highest BCUT2D eigenvalue weighted by atomic mass is 79.9. The van der Waals surface area contributed by atoms with Gasteiger partial charge in [-0.25, -0.2) is 4.98 Å². The van der Waals surface area contributed by atoms with Crippen molar-refractivity contribution >= 4 is 49.1 Å². The van der Waals surface area contributed by atoms with Crippen LogP contribution in [0.4, 0.5) is 0 Å². The Morgan fingerprint density at radius 2 is 2.00 bits per heavy atom. The average molecular weight is 341 g/mol. The molecule has 0 spiro atoms. The van der Waals surface area contributed by atoms with Gasteiger partial charge in [-0.15, -0.1) is 11.3 Å². The summed E-state index contributed by atoms with van der Waals surface area (Å²) in [5, 5.41) is 10.9. The van der Waals surface area contributed by atoms with Gasteiger partial charge < -0.3 is 5.11 Å². The SMILES string of the molecule is Oc1ccc(Cl)c(-c2nc3cc(Br)ccc3s2)c1. The lowest BCUT2D eigenvalue weighted by Crippen LogP contribution is -1.78. The normalized spacial score (nSPS) is 11.0. The fourth-order valence-corrected chi connectivity index (χ4v) is 3.28. The maximum absolute atomic E-state index is 9.53. The second kappa shape index (κ2) is 4.53. The van der Waals surface area contributed by atoms with Gasteiger partial charge in [0.25, 0.3) is 0 Å². The molecule has 0 aliphatic heterocycles. The van der Waals surface area contributed by atoms with Crippen molar-refractivity contribution in [1.82, 2.24) is 4.98 Å². The Hall–Kier alpha value is -1.10. The summed E-state index contributed by atoms with van der Waals surface area (Å²) in [4.78, 5) is 4.54. The molecule has 1 heterocycles. The summed E-state index contributed by atoms with van der Waals surface area (Å²) >= 11 is 11.1. The fourth-order valence-electron chi connectivity index (χ4n) is 1.69. The van der Waals surface area contributed by atoms with E-state index in [1.807, 2.05) is 18.2 Å². The molecule has 0 aliphatic carbocycles. The van der Waals surface area contributed by atoms with Gasteiger partial charge in [0.15, 0.2) is 0 Å². The van der Waals surface area contributed by atoms with Crippen LogP contribution in [-0.4, -0.2) is 10.1 Å². The number of phenols is 1. The second-order valence-corrected chi connectivity index (χ2v) is 6.15. The lowest BCUT2D eigenvalue weighted by molar-refractivity contribution is 0.475. The molecule has 1 N–H and O–H groups in total. The van der Waals surface area contributed by atoms with Crippen LogP contribution in [-0.2, 0) is 0 Å². The van der Waals surface area contributed by atoms with Crippen LogP contribution in [0.25, 0.3) is 20.8 Å². The summed E-state index contributed by atoms with van der Waals surface area (Å²) in [5.74, 6) is 0.190. The molecule has 0 atom stereocenters. The fraction of sp³-hybridized carbons (Fsp3) is 0. The van der Waals surface area contributed by atoms with Crippen LogP contribution in [0.2, 0.25) is 5.02 Å². The number of fused-ring (bicyclic) bond motifs is 1. The minimum atomic E-state index is 0.190. The van der Waals surface area contributed by atoms with Gasteiger partial charge in [-0.2, -0.15) is 0 Å². The molecule has 0 saturated heterocycles. The number of benzene rings is 2. The largest absolute Gasteiger partial charge is 0.508 e. The molecule has 3 rings (SSSR count). The van der Waals surface area contributed by atoms with Gasteiger partial charge >= 0.3 is 0 Å². The van der Waals surface area contributed by atoms with E-state index in [-0.39, 0.29) is 5.75 Å². The molecule has 3 aromatic rings. The molecular weight excluding hydrogens is 334 g/mol. The Labute approximate surface area is 121 Å². The van der Waals surface area contributed by atoms with E-state index in [9.17, 15) is 5.11 Å². The summed E-state index contributed by atoms with van der Waals surface area (Å²) in [6, 6.07) is 10.8. The van der Waals surface area contributed by atoms with Crippen LogP contribution in [0.5, 0.6) is 5.75 Å². The van der Waals surface area contributed by atoms with Crippen molar-refractivity contribution in [2.45, 2.75) is 0 Å². The van der Waals surface area contributed by atoms with Gasteiger partial charge in [0.05, 0.1) is 15.2 Å². The molecule has 2 nitrogen and oxygen atoms in total. The van der Waals surface area contributed by atoms with E-state index in [2.05, 4.69) is 20.9 Å². The molecule has 0 fully saturated rings. The Kier molecular flexibility index (Phi) is 3.01. The number of hydrogen-bond donors (Lipinski definition) is 1. The molecule has 5 heteroatoms. The lowest BCUT2D eigenvalue weighted by atomic mass is 10.2. The highest BCUT2D eigenvalue weighted by molar-refractivity contribution is 9.10. The zero-order chi connectivity index (χ0) is 12.7. The highest BCUT2D eigenvalue weighted by Gasteiger charge is 2.10. The number of aromatic nitrogens is 1. The molecule has 2 aromatic carbocycles. The summed E-state index contributed by atoms with van der Waals surface area (Å²) in [5.41, 5.74) is 1.68. The third kappa shape index (κ3) is 2.11. The molecule has 0 amide bonds. The molecule has 1 aromatic heterocycles. The number of phenolic OH excluding ortho intramolecular Hbond substituents is 1. The smallest absolute Gasteiger partial charge is 0.126 e. The number of thiazole rings is 1. The minimum absolute atomic E-state index is 0.190. The Balaban J connectivity index is 2.22. The Morgan fingerprint density at radius 1 is 1.17 bits per heavy atom. The van der Waals surface area contributed by atoms with E-state index in [1.54, 1.807) is 29.5 Å². The van der Waals surface area contributed by atoms with E-state index < -0.39 is 0 Å². The molecule has 0 radical (unpaired) electrons. The van der Waals surface area contributed by atoms with Gasteiger partial charge in [-0.05, 0) is 36.4 Å². The van der Waals surface area contributed by atoms with Gasteiger partial charge in [0.1, 0.15) is 10.8 Å². The molecular formula is C13H7BrClNOS. The van der Waals surface area contributed by atoms with Crippen molar-refractivity contribution in [3.63, 3.8) is 0 Å². The number of rotatable bonds is 1. The third-order valence-electron chi connectivity index (χ3n) is 2.53. The van der Waals surface area contributed by atoms with Crippen LogP contribution < -0.4 is 0 Å². The predicted molar refractivity (Wildman–Crippen MR) is 79.4 cm³/mol. The van der Waals surface area contributed by atoms with Crippen molar-refractivity contribution in [3.8, 4) is 16.3 Å². The van der Waals surface area contributed by atoms with E-state index in [0.717, 1.165) is 25.3 Å². The summed E-state index contributed by atoms with van der Waals surface area (Å²) < 4.78 is 2.08. The van der Waals surface area contributed by atoms with Crippen LogP contribution >= 0.6 is 38.9 Å². The van der Waals surface area contributed by atoms with Crippen LogP contribution in [0.1, 0.15) is 0 Å². The van der Waals surface area contributed by atoms with Crippen molar-refractivity contribution in [2.24, 2.45) is 0 Å². The Morgan fingerprint density at radius 3 is 2.83 bits per heavy atom. The first kappa shape index (κ1) is 12.0. The van der Waals surface area contributed by atoms with Gasteiger partial charge in [-0.3, -0.25) is 0 Å². The summed E-state index contributed by atoms with van der Waals surface area (Å²) in [7, 11) is 0. The maximum atomic E-state index is 9.53. The zero-order valence-electron chi connectivity index (χ0n) is 9.02. The summed E-state index contributed by atoms with van der Waals surface area (Å²) in [6.45, 7) is 0. The number of halogens is 2. The highest BCUT2D eigenvalue weighted by Crippen LogP contribution is 2.36. The van der Waals surface area contributed by atoms with Crippen molar-refractivity contribution in [1.29, 1.82) is 0 Å². The van der Waals surface area contributed by atoms with Gasteiger partial charge in [0, 0.05) is 10.0 Å². The van der Waals surface area contributed by atoms with E-state index in [0.29, 0.717) is 5.02 Å². The van der Waals surface area contributed by atoms with Crippen molar-refractivity contribution in [3.05, 3.63) is 45.9 Å². The van der Waals surface area contributed by atoms with Crippen LogP contribution in [0, 0.1) is 0 Å². The van der Waals surface area contributed by atoms with Crippen LogP contribution in [0.3, 0.4) is 0 Å². The third-order valence-corrected chi connectivity index (χ3v) is 4.42. The summed E-state index contributed by atoms with van der Waals surface area (Å²) in [6.07, 6.45) is 0. The minimum Gasteiger partial charge on any atom is -0.508 e. The quantitative estimate of drug-likeness (QED) is 0.669. The topological polar surface area (TPSA) is 33.1 Å². The van der Waals surface area contributed by atoms with Crippen molar-refractivity contribution in [2.75, 3.05) is 0 Å². The van der Waals surface area contributed by atoms with Crippen molar-refractivity contribution < 1.29 is 5.11 Å². The first-order chi connectivity index (χ1) is 8.63. The molecule has 0 saturated carbocycles. The molecule has 18 heavy (non-hydrogen) atoms. The van der Waals surface area contributed by atoms with E-state index >= 15 is 0 Å². The van der Waals surface area contributed by atoms with E-state index in [4.69, 9.17) is 11.6 Å². The number of nitrogens with zero attached hydrogens (tertiary/aromatic N) is 1. The van der Waals surface area contributed by atoms with Gasteiger partial charge in [-0.1, -0.05) is 27.5 Å². The average Bonchev–Trinajstić information content (AvgIpc) is 2.74. The molecule has 0 bridgehead atoms. The Bertz CT molecular complexity index is 741. The maximum Gasteiger partial charge on any atom is 0.126 e. The zero-order valence-corrected chi connectivity index (χ0v) is 12.2. The van der Waals surface area contributed by atoms with Gasteiger partial charge in [0.2, 0.25) is 0 Å². The van der Waals surface area contributed by atoms with Crippen LogP contribution in [0.15, 0.2) is 40.9 Å². The molecule has 0 unspecified atom stereocenters. The molecule has 0 aliphatic rings. The first-order valence-electron chi connectivity index (χ1n) is 5.18. The number of aromatic hydroxyl groups is 1.